The summed E-state index contributed by atoms with van der Waals surface area (Å²) < 4.78 is 34.9. The molecule has 612 valence electrons. The molecule has 0 aromatic heterocycles. The quantitative estimate of drug-likeness (QED) is 0.0199. The minimum atomic E-state index is -3.08. The van der Waals surface area contributed by atoms with Crippen molar-refractivity contribution in [1.29, 1.82) is 0 Å². The van der Waals surface area contributed by atoms with Gasteiger partial charge in [-0.2, -0.15) is 0 Å². The lowest BCUT2D eigenvalue weighted by atomic mass is 9.88. The number of aliphatic hydroxyl groups excluding tert-OH is 11. The van der Waals surface area contributed by atoms with Gasteiger partial charge in [0, 0.05) is 19.8 Å². The Bertz CT molecular complexity index is 2120. The number of aliphatic carboxylic acids is 1. The van der Waals surface area contributed by atoms with Crippen molar-refractivity contribution in [3.05, 3.63) is 12.2 Å². The topological polar surface area (TPSA) is 373 Å². The lowest BCUT2D eigenvalue weighted by Gasteiger charge is -2.50. The summed E-state index contributed by atoms with van der Waals surface area (Å²) in [5, 5.41) is 136. The van der Waals surface area contributed by atoms with Crippen molar-refractivity contribution < 1.29 is 104 Å². The summed E-state index contributed by atoms with van der Waals surface area (Å²) in [6.07, 6.45) is 36.8. The summed E-state index contributed by atoms with van der Waals surface area (Å²) in [5.74, 6) is -6.09. The number of ether oxygens (including phenoxy) is 6. The van der Waals surface area contributed by atoms with Crippen LogP contribution in [-0.4, -0.2) is 215 Å². The van der Waals surface area contributed by atoms with E-state index in [0.29, 0.717) is 19.3 Å². The number of allylic oxidation sites excluding steroid dienone is 2. The van der Waals surface area contributed by atoms with E-state index in [2.05, 4.69) is 36.6 Å². The highest BCUT2D eigenvalue weighted by Gasteiger charge is 2.60. The maximum Gasteiger partial charge on any atom is 0.364 e. The fraction of sp³-hybridized carbons (Fsp3) is 0.938. The normalized spacial score (nSPS) is 26.4. The Morgan fingerprint density at radius 2 is 0.894 bits per heavy atom. The number of carbonyl (C=O) groups is 3. The van der Waals surface area contributed by atoms with Crippen LogP contribution in [0.25, 0.3) is 0 Å². The van der Waals surface area contributed by atoms with Gasteiger partial charge in [-0.3, -0.25) is 9.59 Å². The predicted molar refractivity (Wildman–Crippen MR) is 403 cm³/mol. The van der Waals surface area contributed by atoms with Crippen molar-refractivity contribution in [3.63, 3.8) is 0 Å². The van der Waals surface area contributed by atoms with E-state index in [-0.39, 0.29) is 18.9 Å². The van der Waals surface area contributed by atoms with E-state index in [4.69, 9.17) is 28.4 Å². The van der Waals surface area contributed by atoms with Crippen LogP contribution >= 0.6 is 0 Å². The van der Waals surface area contributed by atoms with Crippen molar-refractivity contribution in [2.45, 2.75) is 458 Å². The molecule has 18 atom stereocenters. The summed E-state index contributed by atoms with van der Waals surface area (Å²) in [7, 11) is 0. The van der Waals surface area contributed by atoms with Gasteiger partial charge in [0.1, 0.15) is 67.1 Å². The molecule has 3 aliphatic rings. The number of aliphatic hydroxyl groups is 11. The highest BCUT2D eigenvalue weighted by atomic mass is 16.8. The molecule has 104 heavy (non-hydrogen) atoms. The Morgan fingerprint density at radius 1 is 0.490 bits per heavy atom. The lowest BCUT2D eigenvalue weighted by molar-refractivity contribution is -0.386. The first-order valence-corrected chi connectivity index (χ1v) is 42.0. The third-order valence-corrected chi connectivity index (χ3v) is 21.5. The molecule has 0 spiro atoms. The molecule has 18 unspecified atom stereocenters. The molecule has 0 bridgehead atoms. The van der Waals surface area contributed by atoms with Gasteiger partial charge >= 0.3 is 5.97 Å². The number of unbranched alkanes of at least 4 members (excludes halogenated alkanes) is 45. The van der Waals surface area contributed by atoms with E-state index in [9.17, 15) is 75.7 Å². The fourth-order valence-electron chi connectivity index (χ4n) is 14.8. The monoisotopic (exact) mass is 1490 g/mol. The highest BCUT2D eigenvalue weighted by Crippen LogP contribution is 2.39. The van der Waals surface area contributed by atoms with E-state index in [0.717, 1.165) is 58.3 Å². The summed E-state index contributed by atoms with van der Waals surface area (Å²) in [4.78, 5) is 38.7. The van der Waals surface area contributed by atoms with Crippen LogP contribution in [0.1, 0.15) is 348 Å². The van der Waals surface area contributed by atoms with Crippen LogP contribution in [0.3, 0.4) is 0 Å². The third kappa shape index (κ3) is 39.9. The summed E-state index contributed by atoms with van der Waals surface area (Å²) in [6, 6.07) is -2.53. The number of amides is 2. The number of carboxylic acid groups (broad SMARTS) is 1. The SMILES string of the molecule is CCCCCCCCCCCCCCCCCC/C=C\CCCCCCCCCCCCCCCCCCCC(=O)NC(COC1OC(CO)C(OC2OC(CO)C(O)C(OC3(C(=O)O)CC(O)C(NC(C)=O)C(C(O)C(O)CO)O3)C2O)C(O)C1O)C(O)CCCCCCCCCCCCCCC. The minimum absolute atomic E-state index is 0.227. The van der Waals surface area contributed by atoms with E-state index < -0.39 is 148 Å². The summed E-state index contributed by atoms with van der Waals surface area (Å²) >= 11 is 0. The van der Waals surface area contributed by atoms with Gasteiger partial charge in [-0.25, -0.2) is 4.79 Å². The maximum absolute atomic E-state index is 13.5. The molecule has 0 radical (unpaired) electrons. The molecule has 14 N–H and O–H groups in total. The van der Waals surface area contributed by atoms with Gasteiger partial charge in [-0.1, -0.05) is 302 Å². The number of carbonyl (C=O) groups excluding carboxylic acids is 2. The van der Waals surface area contributed by atoms with Crippen LogP contribution in [0.5, 0.6) is 0 Å². The van der Waals surface area contributed by atoms with Gasteiger partial charge in [-0.05, 0) is 38.5 Å². The largest absolute Gasteiger partial charge is 0.477 e. The molecule has 3 aliphatic heterocycles. The second-order valence-corrected chi connectivity index (χ2v) is 30.7. The molecule has 3 fully saturated rings. The number of rotatable bonds is 67. The Hall–Kier alpha value is -2.53. The van der Waals surface area contributed by atoms with E-state index in [1.807, 2.05) is 0 Å². The van der Waals surface area contributed by atoms with Crippen LogP contribution in [0, 0.1) is 0 Å². The Kier molecular flexibility index (Phi) is 55.4. The van der Waals surface area contributed by atoms with Gasteiger partial charge in [-0.15, -0.1) is 0 Å². The Labute approximate surface area is 626 Å². The summed E-state index contributed by atoms with van der Waals surface area (Å²) in [6.45, 7) is 2.24. The molecule has 2 amide bonds. The van der Waals surface area contributed by atoms with Crippen molar-refractivity contribution in [3.8, 4) is 0 Å². The average Bonchev–Trinajstić information content (AvgIpc) is 0.755. The standard InChI is InChI=1S/C81H152N2O21/c1-4-6-8-10-12-14-16-18-19-20-21-22-23-24-25-26-27-28-29-30-31-32-33-34-35-36-37-38-39-40-41-43-45-47-49-51-53-55-68(91)83-62(63(88)54-52-50-48-46-44-42-17-15-13-11-9-7-5-2)60-99-78-73(95)72(94)75(67(59-86)101-78)102-79-74(96)77(71(93)66(58-85)100-79)104-81(80(97)98)56-64(89)69(82-61(3)87)76(103-81)70(92)65(90)57-84/h28-29,62-67,69-79,84-86,88-90,92-96H,4-27,30-60H2,1-3H3,(H,82,87)(H,83,91)(H,97,98)/b29-28-. The first kappa shape index (κ1) is 95.7. The van der Waals surface area contributed by atoms with Gasteiger partial charge < -0.3 is 100 Å². The van der Waals surface area contributed by atoms with Crippen molar-refractivity contribution >= 4 is 17.8 Å². The van der Waals surface area contributed by atoms with Crippen LogP contribution in [0.2, 0.25) is 0 Å². The van der Waals surface area contributed by atoms with E-state index in [1.54, 1.807) is 0 Å². The zero-order valence-electron chi connectivity index (χ0n) is 64.9. The molecular weight excluding hydrogens is 1340 g/mol. The van der Waals surface area contributed by atoms with Crippen LogP contribution in [0.15, 0.2) is 12.2 Å². The van der Waals surface area contributed by atoms with Crippen LogP contribution in [-0.2, 0) is 42.8 Å². The molecule has 0 saturated carbocycles. The lowest BCUT2D eigenvalue weighted by Crippen LogP contribution is -2.70. The van der Waals surface area contributed by atoms with E-state index in [1.165, 1.54) is 244 Å². The van der Waals surface area contributed by atoms with Crippen molar-refractivity contribution in [2.24, 2.45) is 0 Å². The zero-order chi connectivity index (χ0) is 76.0. The fourth-order valence-corrected chi connectivity index (χ4v) is 14.8. The maximum atomic E-state index is 13.5. The molecule has 3 rings (SSSR count). The average molecular weight is 1490 g/mol. The van der Waals surface area contributed by atoms with Gasteiger partial charge in [0.15, 0.2) is 12.6 Å². The third-order valence-electron chi connectivity index (χ3n) is 21.5. The summed E-state index contributed by atoms with van der Waals surface area (Å²) in [5.41, 5.74) is 0. The number of nitrogens with one attached hydrogen (secondary N) is 2. The first-order valence-electron chi connectivity index (χ1n) is 42.0. The second-order valence-electron chi connectivity index (χ2n) is 30.7. The van der Waals surface area contributed by atoms with Crippen LogP contribution in [0.4, 0.5) is 0 Å². The molecule has 23 heteroatoms. The molecule has 23 nitrogen and oxygen atoms in total. The van der Waals surface area contributed by atoms with Crippen LogP contribution < -0.4 is 10.6 Å². The minimum Gasteiger partial charge on any atom is -0.477 e. The van der Waals surface area contributed by atoms with Gasteiger partial charge in [0.25, 0.3) is 5.79 Å². The number of hydrogen-bond acceptors (Lipinski definition) is 20. The van der Waals surface area contributed by atoms with E-state index >= 15 is 0 Å². The van der Waals surface area contributed by atoms with Gasteiger partial charge in [0.2, 0.25) is 11.8 Å². The zero-order valence-corrected chi connectivity index (χ0v) is 64.9. The molecule has 3 saturated heterocycles. The van der Waals surface area contributed by atoms with Crippen molar-refractivity contribution in [1.82, 2.24) is 10.6 Å². The Balaban J connectivity index is 1.40. The smallest absolute Gasteiger partial charge is 0.364 e. The molecule has 3 heterocycles. The number of carboxylic acids is 1. The Morgan fingerprint density at radius 3 is 1.30 bits per heavy atom. The van der Waals surface area contributed by atoms with Crippen molar-refractivity contribution in [2.75, 3.05) is 26.4 Å². The first-order chi connectivity index (χ1) is 50.4. The molecular formula is C81H152N2O21. The molecule has 0 aromatic rings. The highest BCUT2D eigenvalue weighted by molar-refractivity contribution is 5.77. The molecule has 0 aliphatic carbocycles. The predicted octanol–water partition coefficient (Wildman–Crippen LogP) is 11.7. The molecule has 0 aromatic carbocycles. The second kappa shape index (κ2) is 60.2. The number of hydrogen-bond donors (Lipinski definition) is 14. The van der Waals surface area contributed by atoms with Gasteiger partial charge in [0.05, 0.1) is 50.7 Å².